The average molecular weight is 431 g/mol. The number of carbonyl (C=O) groups excluding carboxylic acids is 3. The predicted molar refractivity (Wildman–Crippen MR) is 111 cm³/mol. The summed E-state index contributed by atoms with van der Waals surface area (Å²) in [5, 5.41) is 2.73. The summed E-state index contributed by atoms with van der Waals surface area (Å²) >= 11 is 6.30. The number of nitrogens with zero attached hydrogens (tertiary/aromatic N) is 1. The Bertz CT molecular complexity index is 1010. The summed E-state index contributed by atoms with van der Waals surface area (Å²) in [6.07, 6.45) is 1.49. The van der Waals surface area contributed by atoms with Gasteiger partial charge in [-0.1, -0.05) is 29.8 Å². The fraction of sp³-hybridized carbons (Fsp3) is 0.190. The maximum Gasteiger partial charge on any atom is 0.343 e. The van der Waals surface area contributed by atoms with Gasteiger partial charge >= 0.3 is 12.0 Å². The molecule has 0 unspecified atom stereocenters. The van der Waals surface area contributed by atoms with E-state index in [1.807, 2.05) is 0 Å². The zero-order valence-corrected chi connectivity index (χ0v) is 17.1. The van der Waals surface area contributed by atoms with Gasteiger partial charge in [0.25, 0.3) is 5.91 Å². The minimum atomic E-state index is -0.569. The molecule has 0 aromatic heterocycles. The second kappa shape index (κ2) is 9.32. The van der Waals surface area contributed by atoms with Gasteiger partial charge in [-0.2, -0.15) is 0 Å². The molecule has 1 N–H and O–H groups in total. The van der Waals surface area contributed by atoms with Crippen LogP contribution in [0.4, 0.5) is 10.5 Å². The number of halogens is 1. The van der Waals surface area contributed by atoms with Crippen molar-refractivity contribution in [2.45, 2.75) is 6.92 Å². The quantitative estimate of drug-likeness (QED) is 0.411. The first-order valence-electron chi connectivity index (χ1n) is 9.02. The SMILES string of the molecule is CCOc1cc(/C=C2/NC(=O)N(c3ccccc3)C2=O)cc(Cl)c1OCC(=O)OC. The summed E-state index contributed by atoms with van der Waals surface area (Å²) in [5.41, 5.74) is 1.06. The highest BCUT2D eigenvalue weighted by Crippen LogP contribution is 2.37. The maximum atomic E-state index is 12.7. The van der Waals surface area contributed by atoms with E-state index in [9.17, 15) is 14.4 Å². The van der Waals surface area contributed by atoms with Gasteiger partial charge in [0.1, 0.15) is 5.70 Å². The van der Waals surface area contributed by atoms with Crippen LogP contribution >= 0.6 is 11.6 Å². The van der Waals surface area contributed by atoms with E-state index in [1.54, 1.807) is 43.3 Å². The molecule has 30 heavy (non-hydrogen) atoms. The zero-order valence-electron chi connectivity index (χ0n) is 16.3. The van der Waals surface area contributed by atoms with E-state index < -0.39 is 17.9 Å². The first-order chi connectivity index (χ1) is 14.4. The lowest BCUT2D eigenvalue weighted by molar-refractivity contribution is -0.142. The highest BCUT2D eigenvalue weighted by Gasteiger charge is 2.34. The van der Waals surface area contributed by atoms with Crippen molar-refractivity contribution in [1.29, 1.82) is 0 Å². The van der Waals surface area contributed by atoms with Crippen molar-refractivity contribution in [2.75, 3.05) is 25.2 Å². The molecule has 156 valence electrons. The molecule has 0 spiro atoms. The third-order valence-corrected chi connectivity index (χ3v) is 4.38. The Hall–Kier alpha value is -3.52. The standard InChI is InChI=1S/C21H19ClN2O6/c1-3-29-17-11-13(9-15(22)19(17)30-12-18(25)28-2)10-16-20(26)24(21(27)23-16)14-7-5-4-6-8-14/h4-11H,3,12H2,1-2H3,(H,23,27)/b16-10+. The number of imide groups is 1. The van der Waals surface area contributed by atoms with Crippen LogP contribution in [0, 0.1) is 0 Å². The summed E-state index contributed by atoms with van der Waals surface area (Å²) in [6, 6.07) is 11.2. The smallest absolute Gasteiger partial charge is 0.343 e. The molecule has 0 saturated carbocycles. The molecule has 0 aliphatic carbocycles. The number of hydrogen-bond donors (Lipinski definition) is 1. The summed E-state index contributed by atoms with van der Waals surface area (Å²) in [5.74, 6) is -0.595. The Morgan fingerprint density at radius 2 is 1.90 bits per heavy atom. The third-order valence-electron chi connectivity index (χ3n) is 4.10. The largest absolute Gasteiger partial charge is 0.490 e. The number of amides is 3. The summed E-state index contributed by atoms with van der Waals surface area (Å²) < 4.78 is 15.5. The molecule has 0 radical (unpaired) electrons. The van der Waals surface area contributed by atoms with E-state index in [0.29, 0.717) is 17.9 Å². The van der Waals surface area contributed by atoms with Crippen LogP contribution < -0.4 is 19.7 Å². The summed E-state index contributed by atoms with van der Waals surface area (Å²) in [7, 11) is 1.25. The van der Waals surface area contributed by atoms with Crippen LogP contribution in [0.5, 0.6) is 11.5 Å². The monoisotopic (exact) mass is 430 g/mol. The molecule has 0 atom stereocenters. The molecule has 3 rings (SSSR count). The normalized spacial score (nSPS) is 14.6. The van der Waals surface area contributed by atoms with Crippen molar-refractivity contribution >= 4 is 41.3 Å². The van der Waals surface area contributed by atoms with Gasteiger partial charge in [0.2, 0.25) is 0 Å². The maximum absolute atomic E-state index is 12.7. The van der Waals surface area contributed by atoms with Crippen molar-refractivity contribution in [1.82, 2.24) is 5.32 Å². The van der Waals surface area contributed by atoms with Gasteiger partial charge in [0.15, 0.2) is 18.1 Å². The topological polar surface area (TPSA) is 94.2 Å². The van der Waals surface area contributed by atoms with E-state index in [0.717, 1.165) is 4.90 Å². The van der Waals surface area contributed by atoms with Gasteiger partial charge in [-0.05, 0) is 42.8 Å². The lowest BCUT2D eigenvalue weighted by Gasteiger charge is -2.14. The van der Waals surface area contributed by atoms with Gasteiger partial charge in [0, 0.05) is 0 Å². The van der Waals surface area contributed by atoms with Crippen molar-refractivity contribution in [3.8, 4) is 11.5 Å². The van der Waals surface area contributed by atoms with Crippen LogP contribution in [0.25, 0.3) is 6.08 Å². The van der Waals surface area contributed by atoms with Crippen LogP contribution in [0.15, 0.2) is 48.2 Å². The molecule has 8 nitrogen and oxygen atoms in total. The van der Waals surface area contributed by atoms with Crippen LogP contribution in [0.2, 0.25) is 5.02 Å². The second-order valence-electron chi connectivity index (χ2n) is 6.09. The first kappa shape index (κ1) is 21.2. The Labute approximate surface area is 178 Å². The molecule has 0 bridgehead atoms. The number of rotatable bonds is 7. The van der Waals surface area contributed by atoms with Crippen LogP contribution in [0.1, 0.15) is 12.5 Å². The number of ether oxygens (including phenoxy) is 3. The number of hydrogen-bond acceptors (Lipinski definition) is 6. The van der Waals surface area contributed by atoms with Gasteiger partial charge in [-0.3, -0.25) is 4.79 Å². The number of urea groups is 1. The highest BCUT2D eigenvalue weighted by molar-refractivity contribution is 6.32. The summed E-state index contributed by atoms with van der Waals surface area (Å²) in [6.45, 7) is 1.77. The summed E-state index contributed by atoms with van der Waals surface area (Å²) in [4.78, 5) is 37.4. The lowest BCUT2D eigenvalue weighted by atomic mass is 10.1. The lowest BCUT2D eigenvalue weighted by Crippen LogP contribution is -2.30. The van der Waals surface area contributed by atoms with Crippen molar-refractivity contribution in [3.05, 3.63) is 58.7 Å². The fourth-order valence-corrected chi connectivity index (χ4v) is 3.05. The van der Waals surface area contributed by atoms with E-state index in [2.05, 4.69) is 10.1 Å². The molecular formula is C21H19ClN2O6. The molecule has 1 aliphatic heterocycles. The minimum absolute atomic E-state index is 0.0885. The molecule has 9 heteroatoms. The predicted octanol–water partition coefficient (Wildman–Crippen LogP) is 3.39. The number of nitrogens with one attached hydrogen (secondary N) is 1. The highest BCUT2D eigenvalue weighted by atomic mass is 35.5. The number of para-hydroxylation sites is 1. The van der Waals surface area contributed by atoms with Crippen molar-refractivity contribution < 1.29 is 28.6 Å². The number of esters is 1. The van der Waals surface area contributed by atoms with E-state index >= 15 is 0 Å². The van der Waals surface area contributed by atoms with Crippen LogP contribution in [-0.4, -0.2) is 38.2 Å². The molecule has 1 aliphatic rings. The second-order valence-corrected chi connectivity index (χ2v) is 6.50. The van der Waals surface area contributed by atoms with Crippen molar-refractivity contribution in [2.24, 2.45) is 0 Å². The number of carbonyl (C=O) groups is 3. The average Bonchev–Trinajstić information content (AvgIpc) is 3.01. The molecule has 3 amide bonds. The van der Waals surface area contributed by atoms with Gasteiger partial charge < -0.3 is 19.5 Å². The molecular weight excluding hydrogens is 412 g/mol. The number of methoxy groups -OCH3 is 1. The van der Waals surface area contributed by atoms with E-state index in [1.165, 1.54) is 19.3 Å². The Morgan fingerprint density at radius 3 is 2.57 bits per heavy atom. The van der Waals surface area contributed by atoms with Crippen LogP contribution in [-0.2, 0) is 14.3 Å². The Kier molecular flexibility index (Phi) is 6.58. The van der Waals surface area contributed by atoms with Gasteiger partial charge in [-0.15, -0.1) is 0 Å². The minimum Gasteiger partial charge on any atom is -0.490 e. The third kappa shape index (κ3) is 4.55. The Morgan fingerprint density at radius 1 is 1.17 bits per heavy atom. The van der Waals surface area contributed by atoms with Gasteiger partial charge in [-0.25, -0.2) is 14.5 Å². The molecule has 1 saturated heterocycles. The Balaban J connectivity index is 1.90. The fourth-order valence-electron chi connectivity index (χ4n) is 2.78. The van der Waals surface area contributed by atoms with E-state index in [4.69, 9.17) is 21.1 Å². The molecule has 1 fully saturated rings. The molecule has 2 aromatic carbocycles. The van der Waals surface area contributed by atoms with Crippen LogP contribution in [0.3, 0.4) is 0 Å². The zero-order chi connectivity index (χ0) is 21.7. The molecule has 2 aromatic rings. The number of anilines is 1. The van der Waals surface area contributed by atoms with Crippen molar-refractivity contribution in [3.63, 3.8) is 0 Å². The van der Waals surface area contributed by atoms with Gasteiger partial charge in [0.05, 0.1) is 24.4 Å². The first-order valence-corrected chi connectivity index (χ1v) is 9.40. The number of benzene rings is 2. The van der Waals surface area contributed by atoms with E-state index in [-0.39, 0.29) is 28.8 Å². The molecule has 1 heterocycles.